The second-order valence-corrected chi connectivity index (χ2v) is 16.0. The Morgan fingerprint density at radius 2 is 1.00 bits per heavy atom. The molecule has 1 aliphatic rings. The minimum Gasteiger partial charge on any atom is -0.453 e. The molecule has 0 fully saturated rings. The van der Waals surface area contributed by atoms with Gasteiger partial charge in [0.15, 0.2) is 23.1 Å². The van der Waals surface area contributed by atoms with Gasteiger partial charge in [-0.05, 0) is 48.0 Å². The molecule has 0 saturated carbocycles. The van der Waals surface area contributed by atoms with E-state index in [9.17, 15) is 0 Å². The number of rotatable bonds is 5. The monoisotopic (exact) mass is 771 g/mol. The molecule has 0 N–H and O–H groups in total. The molecule has 0 radical (unpaired) electrons. The van der Waals surface area contributed by atoms with E-state index >= 15 is 0 Å². The number of furan rings is 1. The van der Waals surface area contributed by atoms with Crippen molar-refractivity contribution in [2.75, 3.05) is 4.90 Å². The first-order valence-electron chi connectivity index (χ1n) is 20.4. The van der Waals surface area contributed by atoms with E-state index < -0.39 is 0 Å². The highest BCUT2D eigenvalue weighted by atomic mass is 16.3. The molecule has 0 saturated heterocycles. The summed E-state index contributed by atoms with van der Waals surface area (Å²) in [5.74, 6) is 1.77. The molecule has 0 atom stereocenters. The van der Waals surface area contributed by atoms with E-state index in [2.05, 4.69) is 151 Å². The average molecular weight is 772 g/mol. The molecule has 8 aromatic carbocycles. The summed E-state index contributed by atoms with van der Waals surface area (Å²) in [4.78, 5) is 17.6. The molecule has 4 heterocycles. The SMILES string of the molecule is CC1(C)c2ccccc2N(c2cccc3c2oc2c(-c4nc(-c5ccccc5)nc(-c5ccccc5)n4)cccc23)c2ccc3c4ccccc4n(-c4ccccc4)c3c21. The Labute approximate surface area is 346 Å². The fourth-order valence-corrected chi connectivity index (χ4v) is 9.50. The highest BCUT2D eigenvalue weighted by Crippen LogP contribution is 2.56. The summed E-state index contributed by atoms with van der Waals surface area (Å²) in [6.45, 7) is 4.73. The molecular formula is C54H37N5O. The van der Waals surface area contributed by atoms with Crippen molar-refractivity contribution in [2.45, 2.75) is 19.3 Å². The molecule has 60 heavy (non-hydrogen) atoms. The number of benzene rings is 8. The van der Waals surface area contributed by atoms with Gasteiger partial charge in [-0.15, -0.1) is 0 Å². The van der Waals surface area contributed by atoms with Gasteiger partial charge in [-0.1, -0.05) is 159 Å². The zero-order valence-electron chi connectivity index (χ0n) is 33.0. The van der Waals surface area contributed by atoms with Gasteiger partial charge in [0.05, 0.1) is 33.7 Å². The number of aromatic nitrogens is 4. The Hall–Kier alpha value is -7.83. The van der Waals surface area contributed by atoms with Crippen LogP contribution in [0.1, 0.15) is 25.0 Å². The number of para-hydroxylation sites is 5. The summed E-state index contributed by atoms with van der Waals surface area (Å²) < 4.78 is 9.63. The largest absolute Gasteiger partial charge is 0.453 e. The summed E-state index contributed by atoms with van der Waals surface area (Å²) in [7, 11) is 0. The minimum atomic E-state index is -0.344. The molecule has 284 valence electrons. The average Bonchev–Trinajstić information content (AvgIpc) is 3.86. The fourth-order valence-electron chi connectivity index (χ4n) is 9.50. The van der Waals surface area contributed by atoms with Crippen LogP contribution in [0.2, 0.25) is 0 Å². The summed E-state index contributed by atoms with van der Waals surface area (Å²) >= 11 is 0. The number of fused-ring (bicyclic) bond motifs is 9. The lowest BCUT2D eigenvalue weighted by Crippen LogP contribution is -2.31. The molecule has 0 unspecified atom stereocenters. The van der Waals surface area contributed by atoms with E-state index in [4.69, 9.17) is 19.4 Å². The Balaban J connectivity index is 1.12. The number of hydrogen-bond donors (Lipinski definition) is 0. The van der Waals surface area contributed by atoms with Crippen LogP contribution in [0, 0.1) is 0 Å². The smallest absolute Gasteiger partial charge is 0.167 e. The van der Waals surface area contributed by atoms with Crippen LogP contribution >= 0.6 is 0 Å². The van der Waals surface area contributed by atoms with E-state index in [1.165, 1.54) is 32.9 Å². The Bertz CT molecular complexity index is 3400. The van der Waals surface area contributed by atoms with Crippen molar-refractivity contribution in [1.82, 2.24) is 19.5 Å². The van der Waals surface area contributed by atoms with Crippen LogP contribution in [-0.4, -0.2) is 19.5 Å². The minimum absolute atomic E-state index is 0.344. The molecule has 1 aliphatic heterocycles. The summed E-state index contributed by atoms with van der Waals surface area (Å²) in [5.41, 5.74) is 13.1. The van der Waals surface area contributed by atoms with Crippen molar-refractivity contribution < 1.29 is 4.42 Å². The van der Waals surface area contributed by atoms with E-state index in [0.717, 1.165) is 61.4 Å². The topological polar surface area (TPSA) is 60.0 Å². The lowest BCUT2D eigenvalue weighted by atomic mass is 9.72. The molecule has 6 heteroatoms. The molecule has 0 spiro atoms. The highest BCUT2D eigenvalue weighted by Gasteiger charge is 2.40. The van der Waals surface area contributed by atoms with E-state index in [1.807, 2.05) is 60.7 Å². The van der Waals surface area contributed by atoms with Crippen LogP contribution in [0.15, 0.2) is 192 Å². The molecule has 0 bridgehead atoms. The van der Waals surface area contributed by atoms with Crippen molar-refractivity contribution in [2.24, 2.45) is 0 Å². The third-order valence-corrected chi connectivity index (χ3v) is 12.2. The standard InChI is InChI=1S/C54H37N5O/c1-54(2)42-28-13-15-30-44(42)59(45-33-32-38-37-24-12-14-29-43(37)58(48(38)47(45)54)36-22-10-5-11-23-36)46-31-17-26-40-39-25-16-27-41(49(39)60-50(40)46)53-56-51(34-18-6-3-7-19-34)55-52(57-53)35-20-8-4-9-21-35/h3-33H,1-2H3. The molecule has 0 aliphatic carbocycles. The molecular weight excluding hydrogens is 735 g/mol. The normalized spacial score (nSPS) is 13.3. The van der Waals surface area contributed by atoms with Crippen molar-refractivity contribution in [3.05, 3.63) is 199 Å². The quantitative estimate of drug-likeness (QED) is 0.174. The van der Waals surface area contributed by atoms with Gasteiger partial charge in [0, 0.05) is 49.3 Å². The van der Waals surface area contributed by atoms with Crippen molar-refractivity contribution in [1.29, 1.82) is 0 Å². The molecule has 0 amide bonds. The third-order valence-electron chi connectivity index (χ3n) is 12.2. The van der Waals surface area contributed by atoms with Gasteiger partial charge in [0.1, 0.15) is 5.58 Å². The van der Waals surface area contributed by atoms with Gasteiger partial charge in [0.2, 0.25) is 0 Å². The maximum atomic E-state index is 7.18. The Kier molecular flexibility index (Phi) is 7.47. The Morgan fingerprint density at radius 3 is 1.73 bits per heavy atom. The lowest BCUT2D eigenvalue weighted by Gasteiger charge is -2.42. The first-order valence-corrected chi connectivity index (χ1v) is 20.4. The van der Waals surface area contributed by atoms with E-state index in [-0.39, 0.29) is 5.41 Å². The number of nitrogens with zero attached hydrogens (tertiary/aromatic N) is 5. The van der Waals surface area contributed by atoms with Crippen LogP contribution in [0.3, 0.4) is 0 Å². The molecule has 12 rings (SSSR count). The molecule has 6 nitrogen and oxygen atoms in total. The molecule has 11 aromatic rings. The first-order chi connectivity index (χ1) is 29.5. The van der Waals surface area contributed by atoms with E-state index in [0.29, 0.717) is 17.5 Å². The van der Waals surface area contributed by atoms with E-state index in [1.54, 1.807) is 0 Å². The second-order valence-electron chi connectivity index (χ2n) is 16.0. The first kappa shape index (κ1) is 34.2. The highest BCUT2D eigenvalue weighted by molar-refractivity contribution is 6.16. The van der Waals surface area contributed by atoms with Crippen molar-refractivity contribution >= 4 is 60.8 Å². The predicted molar refractivity (Wildman–Crippen MR) is 245 cm³/mol. The van der Waals surface area contributed by atoms with Gasteiger partial charge in [-0.3, -0.25) is 0 Å². The van der Waals surface area contributed by atoms with Gasteiger partial charge in [-0.2, -0.15) is 0 Å². The van der Waals surface area contributed by atoms with Gasteiger partial charge in [-0.25, -0.2) is 15.0 Å². The maximum Gasteiger partial charge on any atom is 0.167 e. The number of anilines is 3. The van der Waals surface area contributed by atoms with Crippen LogP contribution in [0.5, 0.6) is 0 Å². The second kappa shape index (κ2) is 13.1. The molecule has 3 aromatic heterocycles. The number of hydrogen-bond acceptors (Lipinski definition) is 5. The van der Waals surface area contributed by atoms with Crippen LogP contribution < -0.4 is 4.90 Å². The fraction of sp³-hybridized carbons (Fsp3) is 0.0556. The van der Waals surface area contributed by atoms with Crippen molar-refractivity contribution in [3.63, 3.8) is 0 Å². The summed E-state index contributed by atoms with van der Waals surface area (Å²) in [6.07, 6.45) is 0. The summed E-state index contributed by atoms with van der Waals surface area (Å²) in [5, 5.41) is 4.48. The zero-order chi connectivity index (χ0) is 40.0. The maximum absolute atomic E-state index is 7.18. The van der Waals surface area contributed by atoms with Gasteiger partial charge < -0.3 is 13.9 Å². The Morgan fingerprint density at radius 1 is 0.433 bits per heavy atom. The zero-order valence-corrected chi connectivity index (χ0v) is 33.0. The lowest BCUT2D eigenvalue weighted by molar-refractivity contribution is 0.634. The van der Waals surface area contributed by atoms with Gasteiger partial charge in [0.25, 0.3) is 0 Å². The summed E-state index contributed by atoms with van der Waals surface area (Å²) in [6, 6.07) is 65.8. The van der Waals surface area contributed by atoms with Crippen LogP contribution in [-0.2, 0) is 5.41 Å². The van der Waals surface area contributed by atoms with Crippen molar-refractivity contribution in [3.8, 4) is 39.9 Å². The predicted octanol–water partition coefficient (Wildman–Crippen LogP) is 14.0. The van der Waals surface area contributed by atoms with Crippen LogP contribution in [0.25, 0.3) is 83.6 Å². The third kappa shape index (κ3) is 5.04. The van der Waals surface area contributed by atoms with Gasteiger partial charge >= 0.3 is 0 Å². The van der Waals surface area contributed by atoms with Crippen LogP contribution in [0.4, 0.5) is 17.1 Å².